The SMILES string of the molecule is CCOCCOCC(=O)O[C@H](C)C(C)(C)C. The van der Waals surface area contributed by atoms with Gasteiger partial charge in [-0.05, 0) is 19.3 Å². The van der Waals surface area contributed by atoms with Crippen LogP contribution in [0.5, 0.6) is 0 Å². The van der Waals surface area contributed by atoms with Gasteiger partial charge in [-0.15, -0.1) is 0 Å². The molecular weight excluding hydrogens is 208 g/mol. The lowest BCUT2D eigenvalue weighted by Gasteiger charge is -2.26. The number of hydrogen-bond donors (Lipinski definition) is 0. The van der Waals surface area contributed by atoms with Crippen LogP contribution in [-0.4, -0.2) is 38.5 Å². The van der Waals surface area contributed by atoms with E-state index in [1.54, 1.807) is 0 Å². The minimum atomic E-state index is -0.320. The predicted octanol–water partition coefficient (Wildman–Crippen LogP) is 2.02. The van der Waals surface area contributed by atoms with Gasteiger partial charge >= 0.3 is 5.97 Å². The van der Waals surface area contributed by atoms with Crippen LogP contribution < -0.4 is 0 Å². The van der Waals surface area contributed by atoms with Crippen LogP contribution in [-0.2, 0) is 19.0 Å². The highest BCUT2D eigenvalue weighted by Crippen LogP contribution is 2.21. The van der Waals surface area contributed by atoms with Gasteiger partial charge in [0.1, 0.15) is 12.7 Å². The van der Waals surface area contributed by atoms with E-state index in [2.05, 4.69) is 0 Å². The second-order valence-corrected chi connectivity index (χ2v) is 4.75. The average Bonchev–Trinajstić information content (AvgIpc) is 2.16. The second kappa shape index (κ2) is 7.63. The predicted molar refractivity (Wildman–Crippen MR) is 62.3 cm³/mol. The normalized spacial score (nSPS) is 13.6. The van der Waals surface area contributed by atoms with E-state index in [0.29, 0.717) is 19.8 Å². The van der Waals surface area contributed by atoms with Gasteiger partial charge < -0.3 is 14.2 Å². The largest absolute Gasteiger partial charge is 0.460 e. The van der Waals surface area contributed by atoms with Crippen LogP contribution in [0.1, 0.15) is 34.6 Å². The summed E-state index contributed by atoms with van der Waals surface area (Å²) in [5, 5.41) is 0. The van der Waals surface area contributed by atoms with Crippen molar-refractivity contribution in [3.63, 3.8) is 0 Å². The summed E-state index contributed by atoms with van der Waals surface area (Å²) in [6.07, 6.45) is -0.115. The Labute approximate surface area is 98.3 Å². The molecule has 1 atom stereocenters. The third-order valence-electron chi connectivity index (χ3n) is 2.32. The van der Waals surface area contributed by atoms with Crippen LogP contribution in [0.4, 0.5) is 0 Å². The first-order chi connectivity index (χ1) is 7.38. The summed E-state index contributed by atoms with van der Waals surface area (Å²) in [5.74, 6) is -0.320. The molecule has 0 aromatic carbocycles. The highest BCUT2D eigenvalue weighted by Gasteiger charge is 2.23. The van der Waals surface area contributed by atoms with Crippen molar-refractivity contribution in [3.05, 3.63) is 0 Å². The molecule has 0 aliphatic carbocycles. The van der Waals surface area contributed by atoms with Gasteiger partial charge in [0.15, 0.2) is 0 Å². The quantitative estimate of drug-likeness (QED) is 0.497. The van der Waals surface area contributed by atoms with Gasteiger partial charge in [-0.3, -0.25) is 0 Å². The van der Waals surface area contributed by atoms with E-state index in [1.807, 2.05) is 34.6 Å². The summed E-state index contributed by atoms with van der Waals surface area (Å²) < 4.78 is 15.4. The van der Waals surface area contributed by atoms with E-state index in [1.165, 1.54) is 0 Å². The first-order valence-electron chi connectivity index (χ1n) is 5.73. The van der Waals surface area contributed by atoms with Gasteiger partial charge in [0, 0.05) is 6.61 Å². The van der Waals surface area contributed by atoms with Crippen molar-refractivity contribution in [2.45, 2.75) is 40.7 Å². The topological polar surface area (TPSA) is 44.8 Å². The van der Waals surface area contributed by atoms with Crippen LogP contribution >= 0.6 is 0 Å². The molecule has 0 aliphatic rings. The molecule has 96 valence electrons. The van der Waals surface area contributed by atoms with Crippen molar-refractivity contribution < 1.29 is 19.0 Å². The average molecular weight is 232 g/mol. The van der Waals surface area contributed by atoms with Crippen molar-refractivity contribution in [2.75, 3.05) is 26.4 Å². The van der Waals surface area contributed by atoms with Crippen LogP contribution in [0.15, 0.2) is 0 Å². The van der Waals surface area contributed by atoms with Gasteiger partial charge in [0.05, 0.1) is 13.2 Å². The first-order valence-corrected chi connectivity index (χ1v) is 5.73. The molecule has 0 bridgehead atoms. The molecule has 16 heavy (non-hydrogen) atoms. The smallest absolute Gasteiger partial charge is 0.332 e. The molecule has 0 spiro atoms. The molecular formula is C12H24O4. The molecule has 0 heterocycles. The number of ether oxygens (including phenoxy) is 3. The minimum Gasteiger partial charge on any atom is -0.460 e. The fraction of sp³-hybridized carbons (Fsp3) is 0.917. The van der Waals surface area contributed by atoms with Gasteiger partial charge in [0.2, 0.25) is 0 Å². The van der Waals surface area contributed by atoms with Crippen LogP contribution in [0.3, 0.4) is 0 Å². The summed E-state index contributed by atoms with van der Waals surface area (Å²) in [7, 11) is 0. The van der Waals surface area contributed by atoms with Crippen LogP contribution in [0.2, 0.25) is 0 Å². The van der Waals surface area contributed by atoms with E-state index >= 15 is 0 Å². The van der Waals surface area contributed by atoms with Crippen molar-refractivity contribution in [1.82, 2.24) is 0 Å². The minimum absolute atomic E-state index is 0.00645. The zero-order chi connectivity index (χ0) is 12.6. The molecule has 0 radical (unpaired) electrons. The molecule has 0 aromatic rings. The Kier molecular flexibility index (Phi) is 7.34. The molecule has 0 N–H and O–H groups in total. The van der Waals surface area contributed by atoms with Crippen LogP contribution in [0.25, 0.3) is 0 Å². The monoisotopic (exact) mass is 232 g/mol. The van der Waals surface area contributed by atoms with E-state index in [4.69, 9.17) is 14.2 Å². The Morgan fingerprint density at radius 1 is 1.19 bits per heavy atom. The first kappa shape index (κ1) is 15.4. The number of carbonyl (C=O) groups excluding carboxylic acids is 1. The summed E-state index contributed by atoms with van der Waals surface area (Å²) in [4.78, 5) is 11.3. The Bertz CT molecular complexity index is 196. The zero-order valence-electron chi connectivity index (χ0n) is 11.0. The lowest BCUT2D eigenvalue weighted by Crippen LogP contribution is -2.30. The molecule has 4 nitrogen and oxygen atoms in total. The summed E-state index contributed by atoms with van der Waals surface area (Å²) in [6, 6.07) is 0. The zero-order valence-corrected chi connectivity index (χ0v) is 11.0. The molecule has 0 amide bonds. The molecule has 0 fully saturated rings. The van der Waals surface area contributed by atoms with E-state index in [-0.39, 0.29) is 24.1 Å². The number of rotatable bonds is 7. The molecule has 0 saturated heterocycles. The third kappa shape index (κ3) is 7.65. The van der Waals surface area contributed by atoms with Gasteiger partial charge in [-0.1, -0.05) is 20.8 Å². The van der Waals surface area contributed by atoms with Gasteiger partial charge in [0.25, 0.3) is 0 Å². The lowest BCUT2D eigenvalue weighted by atomic mass is 9.90. The molecule has 0 rings (SSSR count). The third-order valence-corrected chi connectivity index (χ3v) is 2.32. The molecule has 0 unspecified atom stereocenters. The van der Waals surface area contributed by atoms with Crippen molar-refractivity contribution in [3.8, 4) is 0 Å². The Balaban J connectivity index is 3.59. The maximum atomic E-state index is 11.3. The molecule has 4 heteroatoms. The summed E-state index contributed by atoms with van der Waals surface area (Å²) in [5.41, 5.74) is -0.0407. The number of hydrogen-bond acceptors (Lipinski definition) is 4. The molecule has 0 aliphatic heterocycles. The number of carbonyl (C=O) groups is 1. The van der Waals surface area contributed by atoms with Crippen molar-refractivity contribution >= 4 is 5.97 Å². The molecule has 0 aromatic heterocycles. The van der Waals surface area contributed by atoms with Crippen molar-refractivity contribution in [2.24, 2.45) is 5.41 Å². The number of esters is 1. The fourth-order valence-corrected chi connectivity index (χ4v) is 0.826. The van der Waals surface area contributed by atoms with Gasteiger partial charge in [-0.2, -0.15) is 0 Å². The standard InChI is InChI=1S/C12H24O4/c1-6-14-7-8-15-9-11(13)16-10(2)12(3,4)5/h10H,6-9H2,1-5H3/t10-/m1/s1. The summed E-state index contributed by atoms with van der Waals surface area (Å²) in [6.45, 7) is 11.5. The van der Waals surface area contributed by atoms with E-state index in [0.717, 1.165) is 0 Å². The summed E-state index contributed by atoms with van der Waals surface area (Å²) >= 11 is 0. The molecule has 0 saturated carbocycles. The highest BCUT2D eigenvalue weighted by molar-refractivity contribution is 5.70. The Morgan fingerprint density at radius 2 is 1.75 bits per heavy atom. The fourth-order valence-electron chi connectivity index (χ4n) is 0.826. The highest BCUT2D eigenvalue weighted by atomic mass is 16.6. The van der Waals surface area contributed by atoms with Crippen LogP contribution in [0, 0.1) is 5.41 Å². The maximum Gasteiger partial charge on any atom is 0.332 e. The Hall–Kier alpha value is -0.610. The van der Waals surface area contributed by atoms with Crippen molar-refractivity contribution in [1.29, 1.82) is 0 Å². The van der Waals surface area contributed by atoms with Gasteiger partial charge in [-0.25, -0.2) is 4.79 Å². The Morgan fingerprint density at radius 3 is 2.25 bits per heavy atom. The maximum absolute atomic E-state index is 11.3. The van der Waals surface area contributed by atoms with E-state index < -0.39 is 0 Å². The second-order valence-electron chi connectivity index (χ2n) is 4.75. The van der Waals surface area contributed by atoms with E-state index in [9.17, 15) is 4.79 Å². The lowest BCUT2D eigenvalue weighted by molar-refractivity contribution is -0.159.